The Morgan fingerprint density at radius 3 is 1.32 bits per heavy atom. The summed E-state index contributed by atoms with van der Waals surface area (Å²) in [5, 5.41) is 0.999. The summed E-state index contributed by atoms with van der Waals surface area (Å²) in [6, 6.07) is 13.6. The molecule has 3 aromatic carbocycles. The summed E-state index contributed by atoms with van der Waals surface area (Å²) in [6.07, 6.45) is 1.72. The van der Waals surface area contributed by atoms with Crippen LogP contribution < -0.4 is 10.5 Å². The topological polar surface area (TPSA) is 222 Å². The monoisotopic (exact) mass is 1230 g/mol. The van der Waals surface area contributed by atoms with Crippen molar-refractivity contribution in [1.29, 1.82) is 0 Å². The molecule has 0 bridgehead atoms. The van der Waals surface area contributed by atoms with Crippen LogP contribution in [-0.2, 0) is 88.6 Å². The van der Waals surface area contributed by atoms with Crippen molar-refractivity contribution in [3.8, 4) is 11.4 Å². The van der Waals surface area contributed by atoms with Crippen molar-refractivity contribution in [3.05, 3.63) is 99.3 Å². The first kappa shape index (κ1) is 72.2. The van der Waals surface area contributed by atoms with E-state index in [1.165, 1.54) is 30.0 Å². The van der Waals surface area contributed by atoms with E-state index in [9.17, 15) is 17.5 Å². The Balaban J connectivity index is 0.000000430. The van der Waals surface area contributed by atoms with Crippen molar-refractivity contribution < 1.29 is 88.6 Å². The molecule has 1 heterocycles. The van der Waals surface area contributed by atoms with E-state index in [-0.39, 0.29) is 27.1 Å². The van der Waals surface area contributed by atoms with Crippen molar-refractivity contribution >= 4 is 46.0 Å². The summed E-state index contributed by atoms with van der Waals surface area (Å²) in [6.45, 7) is 18.8. The van der Waals surface area contributed by atoms with Crippen LogP contribution in [0.1, 0.15) is 30.7 Å². The second-order valence-corrected chi connectivity index (χ2v) is 20.0. The molecule has 1 unspecified atom stereocenters. The van der Waals surface area contributed by atoms with Crippen molar-refractivity contribution in [1.82, 2.24) is 9.55 Å². The van der Waals surface area contributed by atoms with E-state index in [1.54, 1.807) is 38.6 Å². The number of benzene rings is 3. The Morgan fingerprint density at radius 1 is 0.568 bits per heavy atom. The van der Waals surface area contributed by atoms with Crippen molar-refractivity contribution in [3.63, 3.8) is 0 Å². The smallest absolute Gasteiger partial charge is 0.173 e. The number of imidazole rings is 1. The lowest BCUT2D eigenvalue weighted by molar-refractivity contribution is -0.0293. The second-order valence-electron chi connectivity index (χ2n) is 17.3. The number of hydrogen-bond acceptors (Lipinski definition) is 20. The van der Waals surface area contributed by atoms with Crippen LogP contribution in [0.2, 0.25) is 10.0 Å². The zero-order valence-corrected chi connectivity index (χ0v) is 50.2. The van der Waals surface area contributed by atoms with Crippen molar-refractivity contribution in [2.24, 2.45) is 5.73 Å². The van der Waals surface area contributed by atoms with Crippen LogP contribution in [-0.4, -0.2) is 217 Å². The van der Waals surface area contributed by atoms with Gasteiger partial charge in [-0.1, -0.05) is 54.9 Å². The summed E-state index contributed by atoms with van der Waals surface area (Å²) >= 11 is 11.0. The summed E-state index contributed by atoms with van der Waals surface area (Å²) in [5.41, 5.74) is 7.24. The Morgan fingerprint density at radius 2 is 0.963 bits per heavy atom. The summed E-state index contributed by atoms with van der Waals surface area (Å²) < 4.78 is 133. The molecule has 0 amide bonds. The molecule has 4 rings (SSSR count). The Kier molecular flexibility index (Phi) is 41.3. The molecule has 0 aliphatic heterocycles. The Labute approximate surface area is 492 Å². The lowest BCUT2D eigenvalue weighted by Gasteiger charge is -2.28. The van der Waals surface area contributed by atoms with Gasteiger partial charge in [0.15, 0.2) is 5.16 Å². The molecule has 0 spiro atoms. The zero-order valence-electron chi connectivity index (χ0n) is 47.0. The molecule has 0 radical (unpaired) electrons. The maximum Gasteiger partial charge on any atom is 0.173 e. The van der Waals surface area contributed by atoms with Crippen LogP contribution in [0.4, 0.5) is 8.78 Å². The zero-order chi connectivity index (χ0) is 58.6. The number of hydrogen-bond donors (Lipinski definition) is 1. The van der Waals surface area contributed by atoms with Gasteiger partial charge < -0.3 is 81.3 Å². The fourth-order valence-electron chi connectivity index (χ4n) is 6.83. The van der Waals surface area contributed by atoms with Crippen molar-refractivity contribution in [2.45, 2.75) is 35.1 Å². The summed E-state index contributed by atoms with van der Waals surface area (Å²) in [7, 11) is 3.19. The van der Waals surface area contributed by atoms with E-state index < -0.39 is 22.3 Å². The van der Waals surface area contributed by atoms with Crippen LogP contribution >= 0.6 is 35.0 Å². The largest absolute Gasteiger partial charge is 0.768 e. The minimum atomic E-state index is -2.60. The lowest BCUT2D eigenvalue weighted by atomic mass is 9.81. The van der Waals surface area contributed by atoms with Crippen molar-refractivity contribution in [2.75, 3.05) is 199 Å². The molecule has 0 aliphatic carbocycles. The fourth-order valence-corrected chi connectivity index (χ4v) is 8.88. The highest BCUT2D eigenvalue weighted by Gasteiger charge is 2.30. The second kappa shape index (κ2) is 46.3. The molecule has 0 fully saturated rings. The van der Waals surface area contributed by atoms with Crippen LogP contribution in [0.15, 0.2) is 70.8 Å². The highest BCUT2D eigenvalue weighted by molar-refractivity contribution is 7.98. The number of nitrogens with two attached hydrogens (primary N) is 1. The molecule has 4 aromatic rings. The molecule has 1 atom stereocenters. The fraction of sp³-hybridized carbons (Fsp3) is 0.618. The average Bonchev–Trinajstić information content (AvgIpc) is 4.02. The van der Waals surface area contributed by atoms with Gasteiger partial charge >= 0.3 is 0 Å². The van der Waals surface area contributed by atoms with E-state index in [4.69, 9.17) is 100.0 Å². The van der Waals surface area contributed by atoms with Gasteiger partial charge in [-0.15, -0.1) is 0 Å². The maximum atomic E-state index is 14.7. The van der Waals surface area contributed by atoms with Gasteiger partial charge in [0, 0.05) is 46.0 Å². The van der Waals surface area contributed by atoms with E-state index in [0.717, 1.165) is 17.3 Å². The van der Waals surface area contributed by atoms with Gasteiger partial charge in [0.2, 0.25) is 0 Å². The van der Waals surface area contributed by atoms with E-state index >= 15 is 0 Å². The van der Waals surface area contributed by atoms with Gasteiger partial charge in [0.05, 0.1) is 202 Å². The predicted molar refractivity (Wildman–Crippen MR) is 303 cm³/mol. The number of rotatable bonds is 49. The van der Waals surface area contributed by atoms with E-state index in [1.807, 2.05) is 30.5 Å². The molecular formula is C55H82Cl2F2N3O17S2-. The molecule has 2 N–H and O–H groups in total. The summed E-state index contributed by atoms with van der Waals surface area (Å²) in [4.78, 5) is 4.37. The molecule has 0 saturated heterocycles. The van der Waals surface area contributed by atoms with E-state index in [0.29, 0.717) is 207 Å². The first-order chi connectivity index (χ1) is 39.4. The third-order valence-corrected chi connectivity index (χ3v) is 13.4. The number of thioether (sulfide) groups is 1. The van der Waals surface area contributed by atoms with Crippen LogP contribution in [0, 0.1) is 11.6 Å². The predicted octanol–water partition coefficient (Wildman–Crippen LogP) is 7.13. The minimum absolute atomic E-state index is 0.000371. The normalized spacial score (nSPS) is 12.0. The minimum Gasteiger partial charge on any atom is -0.768 e. The van der Waals surface area contributed by atoms with Gasteiger partial charge in [0.25, 0.3) is 0 Å². The number of aromatic nitrogens is 2. The number of halogens is 4. The maximum absolute atomic E-state index is 14.7. The molecule has 20 nitrogen and oxygen atoms in total. The third kappa shape index (κ3) is 31.6. The first-order valence-corrected chi connectivity index (χ1v) is 29.3. The molecule has 0 saturated carbocycles. The lowest BCUT2D eigenvalue weighted by Crippen LogP contribution is -2.23. The molecular weight excluding hydrogens is 1150 g/mol. The molecule has 460 valence electrons. The van der Waals surface area contributed by atoms with Crippen LogP contribution in [0.25, 0.3) is 5.69 Å². The number of nitrogens with zero attached hydrogens (tertiary/aromatic N) is 2. The summed E-state index contributed by atoms with van der Waals surface area (Å²) in [5.74, 6) is -0.496. The van der Waals surface area contributed by atoms with Crippen LogP contribution in [0.5, 0.6) is 5.75 Å². The standard InChI is InChI=1S/C29H61NO14.C26H22Cl2F2N2O3S2/c1-31-4-5-33-8-9-35-12-13-37-16-17-39-20-21-41-24-25-43-28-29-44-27-26-42-23-22-40-19-18-38-15-14-36-11-10-34-7-6-32-3-2-30;1-26(2,15-4-9-20(27)23(10-15)35-3)24-13-31-25(32(24)17-7-5-16(29)6-8-17)36-14-19-21(28)11-18(37(33)34)12-22(19)30/h2-30H2,1H3;4-13H,14H2,1-3H3,(H,33,34)/p-1. The molecule has 0 aliphatic rings. The highest BCUT2D eigenvalue weighted by atomic mass is 35.5. The Hall–Kier alpha value is -3.03. The van der Waals surface area contributed by atoms with Gasteiger partial charge in [-0.25, -0.2) is 13.8 Å². The number of methoxy groups -OCH3 is 2. The van der Waals surface area contributed by atoms with Gasteiger partial charge in [0.1, 0.15) is 17.4 Å². The third-order valence-electron chi connectivity index (χ3n) is 11.1. The molecule has 1 aromatic heterocycles. The number of ether oxygens (including phenoxy) is 15. The van der Waals surface area contributed by atoms with Gasteiger partial charge in [-0.3, -0.25) is 8.78 Å². The van der Waals surface area contributed by atoms with Gasteiger partial charge in [-0.2, -0.15) is 0 Å². The Bertz CT molecular complexity index is 2180. The molecule has 26 heteroatoms. The quantitative estimate of drug-likeness (QED) is 0.0264. The highest BCUT2D eigenvalue weighted by Crippen LogP contribution is 2.40. The van der Waals surface area contributed by atoms with Gasteiger partial charge in [-0.05, 0) is 65.2 Å². The van der Waals surface area contributed by atoms with Crippen LogP contribution in [0.3, 0.4) is 0 Å². The van der Waals surface area contributed by atoms with E-state index in [2.05, 4.69) is 4.98 Å². The first-order valence-electron chi connectivity index (χ1n) is 26.5. The average molecular weight is 1230 g/mol. The SMILES string of the molecule is COCCOCCOCCOCCOCCOCCOCCOCCOCCOCCOCCOCCOCCOCCN.COc1cc(C(C)(C)c2cnc(SCc3c(F)cc(S(=O)[O-])cc3Cl)n2-c2ccc(F)cc2)ccc1Cl. The molecule has 81 heavy (non-hydrogen) atoms.